The normalized spacial score (nSPS) is 10.7. The predicted octanol–water partition coefficient (Wildman–Crippen LogP) is 4.56. The zero-order chi connectivity index (χ0) is 14.6. The molecule has 0 unspecified atom stereocenters. The van der Waals surface area contributed by atoms with E-state index in [2.05, 4.69) is 12.6 Å². The van der Waals surface area contributed by atoms with Gasteiger partial charge in [0.05, 0.1) is 7.11 Å². The van der Waals surface area contributed by atoms with Crippen LogP contribution in [0, 0.1) is 0 Å². The monoisotopic (exact) mass is 314 g/mol. The van der Waals surface area contributed by atoms with E-state index in [0.717, 1.165) is 12.2 Å². The highest BCUT2D eigenvalue weighted by Gasteiger charge is 2.02. The maximum Gasteiger partial charge on any atom is 0.160 e. The number of aryl methyl sites for hydroxylation is 1. The number of ether oxygens (including phenoxy) is 1. The third kappa shape index (κ3) is 7.34. The van der Waals surface area contributed by atoms with Gasteiger partial charge < -0.3 is 9.84 Å². The fourth-order valence-electron chi connectivity index (χ4n) is 2.03. The van der Waals surface area contributed by atoms with Crippen molar-refractivity contribution < 1.29 is 9.84 Å². The van der Waals surface area contributed by atoms with Gasteiger partial charge in [0, 0.05) is 0 Å². The molecule has 0 aliphatic carbocycles. The molecule has 0 amide bonds. The lowest BCUT2D eigenvalue weighted by molar-refractivity contribution is 0.373. The molecule has 1 rings (SSSR count). The lowest BCUT2D eigenvalue weighted by Crippen LogP contribution is -1.91. The van der Waals surface area contributed by atoms with Crippen molar-refractivity contribution in [2.45, 2.75) is 38.5 Å². The molecule has 1 aromatic carbocycles. The SMILES string of the molecule is COc1cc(CCCSCCCCCCS)ccc1O. The minimum absolute atomic E-state index is 0.215. The van der Waals surface area contributed by atoms with Gasteiger partial charge in [0.1, 0.15) is 0 Å². The number of thioether (sulfide) groups is 1. The first-order valence-corrected chi connectivity index (χ1v) is 9.11. The smallest absolute Gasteiger partial charge is 0.160 e. The van der Waals surface area contributed by atoms with Gasteiger partial charge in [-0.2, -0.15) is 24.4 Å². The average molecular weight is 315 g/mol. The first-order chi connectivity index (χ1) is 9.77. The Balaban J connectivity index is 2.06. The second-order valence-electron chi connectivity index (χ2n) is 4.86. The van der Waals surface area contributed by atoms with E-state index >= 15 is 0 Å². The molecule has 114 valence electrons. The van der Waals surface area contributed by atoms with E-state index in [1.165, 1.54) is 49.2 Å². The van der Waals surface area contributed by atoms with Crippen molar-refractivity contribution in [3.8, 4) is 11.5 Å². The van der Waals surface area contributed by atoms with E-state index in [0.29, 0.717) is 5.75 Å². The molecule has 0 radical (unpaired) electrons. The van der Waals surface area contributed by atoms with Gasteiger partial charge >= 0.3 is 0 Å². The predicted molar refractivity (Wildman–Crippen MR) is 92.6 cm³/mol. The van der Waals surface area contributed by atoms with E-state index < -0.39 is 0 Å². The molecular weight excluding hydrogens is 288 g/mol. The van der Waals surface area contributed by atoms with Gasteiger partial charge in [-0.3, -0.25) is 0 Å². The number of hydrogen-bond donors (Lipinski definition) is 2. The molecule has 0 heterocycles. The van der Waals surface area contributed by atoms with Crippen molar-refractivity contribution in [3.63, 3.8) is 0 Å². The summed E-state index contributed by atoms with van der Waals surface area (Å²) in [4.78, 5) is 0. The Hall–Kier alpha value is -0.480. The molecule has 0 aliphatic heterocycles. The van der Waals surface area contributed by atoms with E-state index in [1.54, 1.807) is 13.2 Å². The molecule has 0 aromatic heterocycles. The Morgan fingerprint density at radius 1 is 1.10 bits per heavy atom. The van der Waals surface area contributed by atoms with Crippen LogP contribution in [0.5, 0.6) is 11.5 Å². The zero-order valence-corrected chi connectivity index (χ0v) is 14.0. The molecule has 0 bridgehead atoms. The largest absolute Gasteiger partial charge is 0.504 e. The van der Waals surface area contributed by atoms with Gasteiger partial charge in [-0.25, -0.2) is 0 Å². The standard InChI is InChI=1S/C16H26O2S2/c1-18-16-13-14(8-9-15(16)17)7-6-12-20-11-5-3-2-4-10-19/h8-9,13,17,19H,2-7,10-12H2,1H3. The first-order valence-electron chi connectivity index (χ1n) is 7.32. The van der Waals surface area contributed by atoms with Crippen LogP contribution in [0.1, 0.15) is 37.7 Å². The van der Waals surface area contributed by atoms with Crippen molar-refractivity contribution in [3.05, 3.63) is 23.8 Å². The van der Waals surface area contributed by atoms with Crippen LogP contribution >= 0.6 is 24.4 Å². The first kappa shape index (κ1) is 17.6. The van der Waals surface area contributed by atoms with Gasteiger partial charge in [-0.05, 0) is 60.6 Å². The number of aromatic hydroxyl groups is 1. The number of unbranched alkanes of at least 4 members (excludes halogenated alkanes) is 3. The third-order valence-corrected chi connectivity index (χ3v) is 4.67. The summed E-state index contributed by atoms with van der Waals surface area (Å²) in [5.41, 5.74) is 1.23. The van der Waals surface area contributed by atoms with Crippen molar-refractivity contribution in [1.29, 1.82) is 0 Å². The van der Waals surface area contributed by atoms with Crippen molar-refractivity contribution in [2.24, 2.45) is 0 Å². The molecule has 1 aromatic rings. The van der Waals surface area contributed by atoms with Crippen LogP contribution in [0.25, 0.3) is 0 Å². The Labute approximate surface area is 132 Å². The molecule has 4 heteroatoms. The van der Waals surface area contributed by atoms with Crippen LogP contribution in [-0.2, 0) is 6.42 Å². The summed E-state index contributed by atoms with van der Waals surface area (Å²) < 4.78 is 5.12. The molecule has 20 heavy (non-hydrogen) atoms. The Bertz CT molecular complexity index is 369. The van der Waals surface area contributed by atoms with Crippen molar-refractivity contribution in [1.82, 2.24) is 0 Å². The molecule has 0 atom stereocenters. The van der Waals surface area contributed by atoms with Gasteiger partial charge in [-0.15, -0.1) is 0 Å². The lowest BCUT2D eigenvalue weighted by atomic mass is 10.1. The highest BCUT2D eigenvalue weighted by Crippen LogP contribution is 2.26. The van der Waals surface area contributed by atoms with Crippen LogP contribution in [0.4, 0.5) is 0 Å². The quantitative estimate of drug-likeness (QED) is 0.463. The summed E-state index contributed by atoms with van der Waals surface area (Å²) in [6.45, 7) is 0. The summed E-state index contributed by atoms with van der Waals surface area (Å²) in [6.07, 6.45) is 7.44. The van der Waals surface area contributed by atoms with Crippen LogP contribution < -0.4 is 4.74 Å². The second kappa shape index (κ2) is 11.2. The van der Waals surface area contributed by atoms with E-state index in [1.807, 2.05) is 23.9 Å². The van der Waals surface area contributed by atoms with Crippen LogP contribution in [0.2, 0.25) is 0 Å². The summed E-state index contributed by atoms with van der Waals surface area (Å²) >= 11 is 6.26. The third-order valence-electron chi connectivity index (χ3n) is 3.20. The molecule has 0 aliphatic rings. The Morgan fingerprint density at radius 3 is 2.60 bits per heavy atom. The van der Waals surface area contributed by atoms with Crippen molar-refractivity contribution >= 4 is 24.4 Å². The molecule has 0 spiro atoms. The fraction of sp³-hybridized carbons (Fsp3) is 0.625. The van der Waals surface area contributed by atoms with Gasteiger partial charge in [0.15, 0.2) is 11.5 Å². The average Bonchev–Trinajstić information content (AvgIpc) is 2.47. The van der Waals surface area contributed by atoms with Gasteiger partial charge in [0.2, 0.25) is 0 Å². The summed E-state index contributed by atoms with van der Waals surface area (Å²) in [6, 6.07) is 5.61. The molecule has 0 saturated heterocycles. The number of benzene rings is 1. The van der Waals surface area contributed by atoms with E-state index in [4.69, 9.17) is 4.74 Å². The molecule has 0 fully saturated rings. The maximum atomic E-state index is 9.53. The highest BCUT2D eigenvalue weighted by atomic mass is 32.2. The number of hydrogen-bond acceptors (Lipinski definition) is 4. The lowest BCUT2D eigenvalue weighted by Gasteiger charge is -2.06. The minimum Gasteiger partial charge on any atom is -0.504 e. The number of phenols is 1. The van der Waals surface area contributed by atoms with Gasteiger partial charge in [0.25, 0.3) is 0 Å². The van der Waals surface area contributed by atoms with Gasteiger partial charge in [-0.1, -0.05) is 18.9 Å². The number of methoxy groups -OCH3 is 1. The molecule has 1 N–H and O–H groups in total. The topological polar surface area (TPSA) is 29.5 Å². The maximum absolute atomic E-state index is 9.53. The zero-order valence-electron chi connectivity index (χ0n) is 12.3. The van der Waals surface area contributed by atoms with E-state index in [-0.39, 0.29) is 5.75 Å². The fourth-order valence-corrected chi connectivity index (χ4v) is 3.21. The highest BCUT2D eigenvalue weighted by molar-refractivity contribution is 7.99. The number of phenolic OH excluding ortho intramolecular Hbond substituents is 1. The van der Waals surface area contributed by atoms with Crippen molar-refractivity contribution in [2.75, 3.05) is 24.4 Å². The molecule has 0 saturated carbocycles. The Kier molecular flexibility index (Phi) is 9.85. The van der Waals surface area contributed by atoms with Crippen LogP contribution in [0.15, 0.2) is 18.2 Å². The summed E-state index contributed by atoms with van der Waals surface area (Å²) in [5, 5.41) is 9.53. The van der Waals surface area contributed by atoms with Crippen LogP contribution in [0.3, 0.4) is 0 Å². The second-order valence-corrected chi connectivity index (χ2v) is 6.53. The summed E-state index contributed by atoms with van der Waals surface area (Å²) in [5.74, 6) is 4.27. The van der Waals surface area contributed by atoms with E-state index in [9.17, 15) is 5.11 Å². The number of thiol groups is 1. The summed E-state index contributed by atoms with van der Waals surface area (Å²) in [7, 11) is 1.59. The molecule has 2 nitrogen and oxygen atoms in total. The molecular formula is C16H26O2S2. The number of rotatable bonds is 11. The van der Waals surface area contributed by atoms with Crippen LogP contribution in [-0.4, -0.2) is 29.5 Å². The Morgan fingerprint density at radius 2 is 1.85 bits per heavy atom. The minimum atomic E-state index is 0.215.